The highest BCUT2D eigenvalue weighted by molar-refractivity contribution is 6.05. The highest BCUT2D eigenvalue weighted by Crippen LogP contribution is 2.33. The third-order valence-corrected chi connectivity index (χ3v) is 4.93. The van der Waals surface area contributed by atoms with Crippen molar-refractivity contribution in [3.8, 4) is 5.75 Å². The number of nitrogens with one attached hydrogen (secondary N) is 2. The summed E-state index contributed by atoms with van der Waals surface area (Å²) in [5, 5.41) is 5.57. The number of hydrogen-bond donors (Lipinski definition) is 2. The van der Waals surface area contributed by atoms with Gasteiger partial charge in [-0.25, -0.2) is 4.79 Å². The van der Waals surface area contributed by atoms with Gasteiger partial charge in [-0.3, -0.25) is 9.59 Å². The number of ether oxygens (including phenoxy) is 2. The molecule has 0 saturated carbocycles. The summed E-state index contributed by atoms with van der Waals surface area (Å²) in [6.07, 6.45) is -0.590. The van der Waals surface area contributed by atoms with Crippen LogP contribution in [0.1, 0.15) is 38.8 Å². The van der Waals surface area contributed by atoms with Crippen LogP contribution >= 0.6 is 0 Å². The molecule has 3 aromatic carbocycles. The van der Waals surface area contributed by atoms with Crippen LogP contribution in [0.5, 0.6) is 5.75 Å². The Balaban J connectivity index is 1.37. The predicted molar refractivity (Wildman–Crippen MR) is 115 cm³/mol. The lowest BCUT2D eigenvalue weighted by molar-refractivity contribution is -0.118. The number of cyclic esters (lactones) is 1. The normalized spacial score (nSPS) is 14.4. The van der Waals surface area contributed by atoms with E-state index in [4.69, 9.17) is 9.47 Å². The van der Waals surface area contributed by atoms with Gasteiger partial charge in [-0.05, 0) is 42.5 Å². The van der Waals surface area contributed by atoms with Gasteiger partial charge in [-0.1, -0.05) is 30.3 Å². The van der Waals surface area contributed by atoms with E-state index < -0.39 is 12.1 Å². The molecule has 1 unspecified atom stereocenters. The molecule has 2 N–H and O–H groups in total. The van der Waals surface area contributed by atoms with Crippen LogP contribution < -0.4 is 15.4 Å². The molecule has 7 heteroatoms. The number of carbonyl (C=O) groups is 3. The van der Waals surface area contributed by atoms with Gasteiger partial charge < -0.3 is 20.1 Å². The third kappa shape index (κ3) is 4.40. The average Bonchev–Trinajstić information content (AvgIpc) is 3.10. The average molecular weight is 416 g/mol. The lowest BCUT2D eigenvalue weighted by Gasteiger charge is -2.12. The number of esters is 1. The zero-order valence-corrected chi connectivity index (χ0v) is 16.8. The summed E-state index contributed by atoms with van der Waals surface area (Å²) in [6.45, 7) is 0. The van der Waals surface area contributed by atoms with E-state index in [9.17, 15) is 14.4 Å². The van der Waals surface area contributed by atoms with Crippen LogP contribution in [0, 0.1) is 0 Å². The van der Waals surface area contributed by atoms with E-state index in [2.05, 4.69) is 10.6 Å². The van der Waals surface area contributed by atoms with Crippen molar-refractivity contribution >= 4 is 29.2 Å². The Hall–Kier alpha value is -4.13. The molecule has 0 saturated heterocycles. The predicted octanol–water partition coefficient (Wildman–Crippen LogP) is 4.19. The summed E-state index contributed by atoms with van der Waals surface area (Å²) < 4.78 is 10.5. The molecule has 1 atom stereocenters. The van der Waals surface area contributed by atoms with Crippen LogP contribution in [0.4, 0.5) is 11.4 Å². The second kappa shape index (κ2) is 8.71. The molecule has 0 aromatic heterocycles. The Kier molecular flexibility index (Phi) is 5.66. The van der Waals surface area contributed by atoms with Crippen LogP contribution in [0.3, 0.4) is 0 Å². The topological polar surface area (TPSA) is 93.7 Å². The van der Waals surface area contributed by atoms with Gasteiger partial charge in [-0.15, -0.1) is 0 Å². The number of methoxy groups -OCH3 is 1. The van der Waals surface area contributed by atoms with Gasteiger partial charge in [0.2, 0.25) is 5.91 Å². The first-order chi connectivity index (χ1) is 15.0. The molecule has 1 aliphatic rings. The molecular formula is C24H20N2O5. The number of anilines is 2. The van der Waals surface area contributed by atoms with Crippen molar-refractivity contribution in [3.05, 3.63) is 89.5 Å². The van der Waals surface area contributed by atoms with Gasteiger partial charge in [0, 0.05) is 16.8 Å². The maximum atomic E-state index is 12.5. The van der Waals surface area contributed by atoms with E-state index in [1.165, 1.54) is 7.11 Å². The first-order valence-electron chi connectivity index (χ1n) is 9.69. The molecule has 4 rings (SSSR count). The number of para-hydroxylation sites is 2. The lowest BCUT2D eigenvalue weighted by atomic mass is 10.0. The molecule has 0 bridgehead atoms. The molecule has 0 spiro atoms. The Morgan fingerprint density at radius 2 is 1.65 bits per heavy atom. The fourth-order valence-electron chi connectivity index (χ4n) is 3.40. The van der Waals surface area contributed by atoms with Gasteiger partial charge >= 0.3 is 5.97 Å². The largest absolute Gasteiger partial charge is 0.495 e. The van der Waals surface area contributed by atoms with E-state index >= 15 is 0 Å². The Morgan fingerprint density at radius 3 is 2.42 bits per heavy atom. The molecule has 31 heavy (non-hydrogen) atoms. The van der Waals surface area contributed by atoms with Crippen molar-refractivity contribution < 1.29 is 23.9 Å². The Bertz CT molecular complexity index is 1140. The molecular weight excluding hydrogens is 396 g/mol. The minimum absolute atomic E-state index is 0.0127. The van der Waals surface area contributed by atoms with E-state index in [-0.39, 0.29) is 18.2 Å². The summed E-state index contributed by atoms with van der Waals surface area (Å²) in [5.74, 6) is -0.440. The maximum Gasteiger partial charge on any atom is 0.339 e. The molecule has 0 fully saturated rings. The molecule has 1 heterocycles. The molecule has 156 valence electrons. The first-order valence-corrected chi connectivity index (χ1v) is 9.69. The van der Waals surface area contributed by atoms with Crippen molar-refractivity contribution in [2.24, 2.45) is 0 Å². The number of rotatable bonds is 6. The van der Waals surface area contributed by atoms with Crippen LogP contribution in [0.2, 0.25) is 0 Å². The Labute approximate surface area is 179 Å². The zero-order chi connectivity index (χ0) is 21.8. The van der Waals surface area contributed by atoms with Gasteiger partial charge in [0.05, 0.1) is 24.8 Å². The molecule has 7 nitrogen and oxygen atoms in total. The summed E-state index contributed by atoms with van der Waals surface area (Å²) in [5.41, 5.74) is 2.74. The van der Waals surface area contributed by atoms with Crippen LogP contribution in [-0.2, 0) is 9.53 Å². The number of hydrogen-bond acceptors (Lipinski definition) is 5. The fraction of sp³-hybridized carbons (Fsp3) is 0.125. The standard InChI is InChI=1S/C24H20N2O5/c1-30-20-9-5-4-8-19(20)26-23(28)15-10-12-16(13-11-15)25-22(27)14-21-17-6-2-3-7-18(17)24(29)31-21/h2-13,21H,14H2,1H3,(H,25,27)(H,26,28). The van der Waals surface area contributed by atoms with Crippen molar-refractivity contribution in [3.63, 3.8) is 0 Å². The van der Waals surface area contributed by atoms with Gasteiger partial charge in [-0.2, -0.15) is 0 Å². The number of benzene rings is 3. The van der Waals surface area contributed by atoms with Crippen LogP contribution in [0.15, 0.2) is 72.8 Å². The number of amides is 2. The van der Waals surface area contributed by atoms with E-state index in [1.807, 2.05) is 6.07 Å². The van der Waals surface area contributed by atoms with E-state index in [1.54, 1.807) is 66.7 Å². The van der Waals surface area contributed by atoms with Crippen LogP contribution in [-0.4, -0.2) is 24.9 Å². The number of carbonyl (C=O) groups excluding carboxylic acids is 3. The van der Waals surface area contributed by atoms with Gasteiger partial charge in [0.25, 0.3) is 5.91 Å². The molecule has 3 aromatic rings. The highest BCUT2D eigenvalue weighted by atomic mass is 16.5. The van der Waals surface area contributed by atoms with Crippen molar-refractivity contribution in [1.29, 1.82) is 0 Å². The van der Waals surface area contributed by atoms with Gasteiger partial charge in [0.1, 0.15) is 11.9 Å². The SMILES string of the molecule is COc1ccccc1NC(=O)c1ccc(NC(=O)CC2OC(=O)c3ccccc32)cc1. The van der Waals surface area contributed by atoms with Crippen molar-refractivity contribution in [1.82, 2.24) is 0 Å². The highest BCUT2D eigenvalue weighted by Gasteiger charge is 2.32. The van der Waals surface area contributed by atoms with Crippen LogP contribution in [0.25, 0.3) is 0 Å². The monoisotopic (exact) mass is 416 g/mol. The molecule has 0 radical (unpaired) electrons. The van der Waals surface area contributed by atoms with E-state index in [0.29, 0.717) is 33.8 Å². The number of fused-ring (bicyclic) bond motifs is 1. The fourth-order valence-corrected chi connectivity index (χ4v) is 3.40. The quantitative estimate of drug-likeness (QED) is 0.588. The summed E-state index contributed by atoms with van der Waals surface area (Å²) in [7, 11) is 1.54. The zero-order valence-electron chi connectivity index (χ0n) is 16.8. The smallest absolute Gasteiger partial charge is 0.339 e. The van der Waals surface area contributed by atoms with Gasteiger partial charge in [0.15, 0.2) is 0 Å². The summed E-state index contributed by atoms with van der Waals surface area (Å²) >= 11 is 0. The minimum Gasteiger partial charge on any atom is -0.495 e. The Morgan fingerprint density at radius 1 is 0.935 bits per heavy atom. The first kappa shape index (κ1) is 20.2. The third-order valence-electron chi connectivity index (χ3n) is 4.93. The minimum atomic E-state index is -0.602. The maximum absolute atomic E-state index is 12.5. The lowest BCUT2D eigenvalue weighted by Crippen LogP contribution is -2.16. The molecule has 0 aliphatic carbocycles. The second-order valence-electron chi connectivity index (χ2n) is 6.97. The molecule has 2 amide bonds. The molecule has 1 aliphatic heterocycles. The second-order valence-corrected chi connectivity index (χ2v) is 6.97. The van der Waals surface area contributed by atoms with Crippen molar-refractivity contribution in [2.75, 3.05) is 17.7 Å². The van der Waals surface area contributed by atoms with E-state index in [0.717, 1.165) is 0 Å². The summed E-state index contributed by atoms with van der Waals surface area (Å²) in [6, 6.07) is 20.7. The van der Waals surface area contributed by atoms with Crippen molar-refractivity contribution in [2.45, 2.75) is 12.5 Å². The summed E-state index contributed by atoms with van der Waals surface area (Å²) in [4.78, 5) is 36.8.